The monoisotopic (exact) mass is 442 g/mol. The fraction of sp³-hybridized carbons (Fsp3) is 0.375. The molecule has 8 nitrogen and oxygen atoms in total. The third-order valence-electron chi connectivity index (χ3n) is 4.68. The summed E-state index contributed by atoms with van der Waals surface area (Å²) in [5.74, 6) is -0.391. The zero-order valence-electron chi connectivity index (χ0n) is 18.5. The predicted molar refractivity (Wildman–Crippen MR) is 121 cm³/mol. The Morgan fingerprint density at radius 2 is 1.28 bits per heavy atom. The summed E-state index contributed by atoms with van der Waals surface area (Å²) in [6.45, 7) is 1.44. The molecule has 8 heteroatoms. The van der Waals surface area contributed by atoms with Gasteiger partial charge in [0.05, 0.1) is 24.8 Å². The number of hydrogen-bond donors (Lipinski definition) is 1. The summed E-state index contributed by atoms with van der Waals surface area (Å²) < 4.78 is 15.4. The molecule has 2 N–H and O–H groups in total. The number of rotatable bonds is 13. The molecule has 0 atom stereocenters. The summed E-state index contributed by atoms with van der Waals surface area (Å²) in [5, 5.41) is 3.67. The molecule has 0 bridgehead atoms. The van der Waals surface area contributed by atoms with Crippen molar-refractivity contribution in [1.82, 2.24) is 0 Å². The molecule has 32 heavy (non-hydrogen) atoms. The molecule has 0 aliphatic carbocycles. The van der Waals surface area contributed by atoms with Gasteiger partial charge in [0.1, 0.15) is 5.75 Å². The molecular weight excluding hydrogens is 412 g/mol. The molecule has 2 aromatic carbocycles. The van der Waals surface area contributed by atoms with E-state index in [9.17, 15) is 9.59 Å². The standard InChI is InChI=1S/C24H30N2O6/c1-29-16-6-4-3-5-7-17-31-21-14-12-20(13-15-21)24(28)32-26-22(25)18-8-10-19(11-9-18)23(27)30-2/h8-15H,3-7,16-17H2,1-2H3,(H2,25,26). The van der Waals surface area contributed by atoms with Crippen LogP contribution >= 0.6 is 0 Å². The fourth-order valence-corrected chi connectivity index (χ4v) is 2.85. The quantitative estimate of drug-likeness (QED) is 0.125. The van der Waals surface area contributed by atoms with Crippen molar-refractivity contribution in [1.29, 1.82) is 0 Å². The van der Waals surface area contributed by atoms with Gasteiger partial charge in [-0.2, -0.15) is 0 Å². The van der Waals surface area contributed by atoms with Crippen LogP contribution in [0.1, 0.15) is 58.4 Å². The maximum absolute atomic E-state index is 12.2. The van der Waals surface area contributed by atoms with Crippen LogP contribution in [0, 0.1) is 0 Å². The molecule has 0 spiro atoms. The molecule has 0 unspecified atom stereocenters. The Bertz CT molecular complexity index is 878. The Morgan fingerprint density at radius 1 is 0.750 bits per heavy atom. The number of benzene rings is 2. The molecule has 0 amide bonds. The Kier molecular flexibility index (Phi) is 10.7. The Hall–Kier alpha value is -3.39. The fourth-order valence-electron chi connectivity index (χ4n) is 2.85. The van der Waals surface area contributed by atoms with Crippen molar-refractivity contribution in [2.45, 2.75) is 32.1 Å². The van der Waals surface area contributed by atoms with Crippen LogP contribution in [0.5, 0.6) is 5.75 Å². The van der Waals surface area contributed by atoms with Crippen molar-refractivity contribution in [3.8, 4) is 5.75 Å². The van der Waals surface area contributed by atoms with Crippen LogP contribution in [-0.2, 0) is 14.3 Å². The number of amidine groups is 1. The van der Waals surface area contributed by atoms with Crippen LogP contribution in [0.15, 0.2) is 53.7 Å². The Morgan fingerprint density at radius 3 is 1.91 bits per heavy atom. The number of unbranched alkanes of at least 4 members (excludes halogenated alkanes) is 4. The van der Waals surface area contributed by atoms with Crippen LogP contribution in [-0.4, -0.2) is 45.2 Å². The molecule has 0 aromatic heterocycles. The molecule has 0 fully saturated rings. The molecule has 0 aliphatic rings. The van der Waals surface area contributed by atoms with Gasteiger partial charge in [-0.15, -0.1) is 0 Å². The van der Waals surface area contributed by atoms with Crippen molar-refractivity contribution < 1.29 is 28.6 Å². The van der Waals surface area contributed by atoms with Gasteiger partial charge in [0.15, 0.2) is 5.84 Å². The average Bonchev–Trinajstić information content (AvgIpc) is 2.84. The van der Waals surface area contributed by atoms with E-state index in [4.69, 9.17) is 20.0 Å². The highest BCUT2D eigenvalue weighted by Crippen LogP contribution is 2.14. The number of carbonyl (C=O) groups excluding carboxylic acids is 2. The molecule has 0 radical (unpaired) electrons. The van der Waals surface area contributed by atoms with Gasteiger partial charge in [-0.3, -0.25) is 0 Å². The number of esters is 1. The van der Waals surface area contributed by atoms with Gasteiger partial charge in [0.2, 0.25) is 0 Å². The van der Waals surface area contributed by atoms with Crippen LogP contribution in [0.2, 0.25) is 0 Å². The van der Waals surface area contributed by atoms with Crippen LogP contribution in [0.25, 0.3) is 0 Å². The van der Waals surface area contributed by atoms with E-state index in [0.29, 0.717) is 29.0 Å². The first-order valence-corrected chi connectivity index (χ1v) is 10.5. The second kappa shape index (κ2) is 13.8. The second-order valence-electron chi connectivity index (χ2n) is 7.06. The first-order chi connectivity index (χ1) is 15.5. The van der Waals surface area contributed by atoms with E-state index >= 15 is 0 Å². The molecule has 172 valence electrons. The zero-order valence-corrected chi connectivity index (χ0v) is 18.5. The number of hydrogen-bond acceptors (Lipinski definition) is 7. The number of nitrogens with zero attached hydrogens (tertiary/aromatic N) is 1. The topological polar surface area (TPSA) is 109 Å². The highest BCUT2D eigenvalue weighted by Gasteiger charge is 2.10. The van der Waals surface area contributed by atoms with Gasteiger partial charge in [-0.1, -0.05) is 36.6 Å². The van der Waals surface area contributed by atoms with Gasteiger partial charge in [0.25, 0.3) is 0 Å². The van der Waals surface area contributed by atoms with E-state index in [1.54, 1.807) is 55.6 Å². The van der Waals surface area contributed by atoms with Gasteiger partial charge in [0, 0.05) is 19.3 Å². The lowest BCUT2D eigenvalue weighted by atomic mass is 10.1. The number of methoxy groups -OCH3 is 2. The first-order valence-electron chi connectivity index (χ1n) is 10.5. The van der Waals surface area contributed by atoms with E-state index in [1.807, 2.05) is 0 Å². The number of nitrogens with two attached hydrogens (primary N) is 1. The van der Waals surface area contributed by atoms with Crippen molar-refractivity contribution in [3.63, 3.8) is 0 Å². The maximum Gasteiger partial charge on any atom is 0.365 e. The molecular formula is C24H30N2O6. The summed E-state index contributed by atoms with van der Waals surface area (Å²) in [6.07, 6.45) is 5.50. The summed E-state index contributed by atoms with van der Waals surface area (Å²) in [7, 11) is 3.02. The normalized spacial score (nSPS) is 11.1. The number of carbonyl (C=O) groups is 2. The Balaban J connectivity index is 1.76. The molecule has 0 saturated heterocycles. The Labute approximate surface area is 188 Å². The largest absolute Gasteiger partial charge is 0.494 e. The summed E-state index contributed by atoms with van der Waals surface area (Å²) in [6, 6.07) is 12.9. The summed E-state index contributed by atoms with van der Waals surface area (Å²) in [5.41, 5.74) is 7.06. The van der Waals surface area contributed by atoms with Gasteiger partial charge < -0.3 is 24.8 Å². The van der Waals surface area contributed by atoms with E-state index in [0.717, 1.165) is 38.7 Å². The number of ether oxygens (including phenoxy) is 3. The van der Waals surface area contributed by atoms with E-state index in [-0.39, 0.29) is 5.84 Å². The smallest absolute Gasteiger partial charge is 0.365 e. The predicted octanol–water partition coefficient (Wildman–Crippen LogP) is 3.93. The third-order valence-corrected chi connectivity index (χ3v) is 4.68. The number of oxime groups is 1. The zero-order chi connectivity index (χ0) is 23.2. The molecule has 2 rings (SSSR count). The lowest BCUT2D eigenvalue weighted by Crippen LogP contribution is -2.15. The van der Waals surface area contributed by atoms with Gasteiger partial charge in [-0.05, 0) is 49.2 Å². The third kappa shape index (κ3) is 8.39. The van der Waals surface area contributed by atoms with Crippen molar-refractivity contribution in [2.75, 3.05) is 27.4 Å². The van der Waals surface area contributed by atoms with Crippen LogP contribution in [0.4, 0.5) is 0 Å². The van der Waals surface area contributed by atoms with Crippen molar-refractivity contribution in [3.05, 3.63) is 65.2 Å². The SMILES string of the molecule is COCCCCCCCOc1ccc(C(=O)O/N=C(\N)c2ccc(C(=O)OC)cc2)cc1. The van der Waals surface area contributed by atoms with Crippen molar-refractivity contribution >= 4 is 17.8 Å². The van der Waals surface area contributed by atoms with Gasteiger partial charge in [-0.25, -0.2) is 9.59 Å². The maximum atomic E-state index is 12.2. The van der Waals surface area contributed by atoms with Crippen LogP contribution in [0.3, 0.4) is 0 Å². The molecule has 2 aromatic rings. The molecule has 0 heterocycles. The summed E-state index contributed by atoms with van der Waals surface area (Å²) >= 11 is 0. The van der Waals surface area contributed by atoms with E-state index in [2.05, 4.69) is 9.89 Å². The van der Waals surface area contributed by atoms with Crippen molar-refractivity contribution in [2.24, 2.45) is 10.9 Å². The average molecular weight is 443 g/mol. The highest BCUT2D eigenvalue weighted by atomic mass is 16.7. The van der Waals surface area contributed by atoms with E-state index < -0.39 is 11.9 Å². The van der Waals surface area contributed by atoms with Gasteiger partial charge >= 0.3 is 11.9 Å². The minimum atomic E-state index is -0.637. The van der Waals surface area contributed by atoms with Crippen LogP contribution < -0.4 is 10.5 Å². The minimum absolute atomic E-state index is 0.0111. The second-order valence-corrected chi connectivity index (χ2v) is 7.06. The first kappa shape index (κ1) is 24.9. The lowest BCUT2D eigenvalue weighted by molar-refractivity contribution is 0.0515. The molecule has 0 saturated carbocycles. The molecule has 0 aliphatic heterocycles. The highest BCUT2D eigenvalue weighted by molar-refractivity contribution is 5.99. The van der Waals surface area contributed by atoms with E-state index in [1.165, 1.54) is 7.11 Å². The lowest BCUT2D eigenvalue weighted by Gasteiger charge is -2.07. The summed E-state index contributed by atoms with van der Waals surface area (Å²) in [4.78, 5) is 28.6. The minimum Gasteiger partial charge on any atom is -0.494 e.